The van der Waals surface area contributed by atoms with E-state index in [4.69, 9.17) is 10.4 Å². The third kappa shape index (κ3) is 1.27. The SMILES string of the molecule is N#Cc1ccc(CO)c(F)c1F. The third-order valence-electron chi connectivity index (χ3n) is 1.45. The van der Waals surface area contributed by atoms with Gasteiger partial charge in [0.25, 0.3) is 0 Å². The summed E-state index contributed by atoms with van der Waals surface area (Å²) in [6, 6.07) is 3.80. The molecule has 62 valence electrons. The lowest BCUT2D eigenvalue weighted by Gasteiger charge is -2.00. The molecule has 0 saturated carbocycles. The van der Waals surface area contributed by atoms with E-state index in [1.54, 1.807) is 0 Å². The predicted octanol–water partition coefficient (Wildman–Crippen LogP) is 1.33. The van der Waals surface area contributed by atoms with Crippen LogP contribution in [0.3, 0.4) is 0 Å². The van der Waals surface area contributed by atoms with E-state index >= 15 is 0 Å². The molecule has 1 rings (SSSR count). The lowest BCUT2D eigenvalue weighted by molar-refractivity contribution is 0.273. The first-order chi connectivity index (χ1) is 5.70. The van der Waals surface area contributed by atoms with Crippen LogP contribution in [0.2, 0.25) is 0 Å². The highest BCUT2D eigenvalue weighted by molar-refractivity contribution is 5.34. The van der Waals surface area contributed by atoms with Crippen LogP contribution in [0.25, 0.3) is 0 Å². The van der Waals surface area contributed by atoms with Crippen molar-refractivity contribution < 1.29 is 13.9 Å². The first-order valence-corrected chi connectivity index (χ1v) is 3.18. The van der Waals surface area contributed by atoms with Crippen LogP contribution in [-0.4, -0.2) is 5.11 Å². The van der Waals surface area contributed by atoms with Crippen molar-refractivity contribution in [3.63, 3.8) is 0 Å². The molecular weight excluding hydrogens is 164 g/mol. The Morgan fingerprint density at radius 2 is 2.00 bits per heavy atom. The maximum Gasteiger partial charge on any atom is 0.176 e. The highest BCUT2D eigenvalue weighted by atomic mass is 19.2. The van der Waals surface area contributed by atoms with Crippen LogP contribution in [0.15, 0.2) is 12.1 Å². The molecule has 0 amide bonds. The van der Waals surface area contributed by atoms with E-state index in [0.29, 0.717) is 0 Å². The number of aliphatic hydroxyl groups excluding tert-OH is 1. The average Bonchev–Trinajstić information content (AvgIpc) is 2.10. The van der Waals surface area contributed by atoms with Crippen LogP contribution in [0.5, 0.6) is 0 Å². The number of nitriles is 1. The lowest BCUT2D eigenvalue weighted by Crippen LogP contribution is -1.96. The number of hydrogen-bond acceptors (Lipinski definition) is 2. The van der Waals surface area contributed by atoms with Gasteiger partial charge in [-0.05, 0) is 6.07 Å². The molecule has 0 spiro atoms. The Balaban J connectivity index is 3.32. The summed E-state index contributed by atoms with van der Waals surface area (Å²) in [5, 5.41) is 16.8. The molecule has 0 atom stereocenters. The fourth-order valence-corrected chi connectivity index (χ4v) is 0.798. The Hall–Kier alpha value is -1.47. The van der Waals surface area contributed by atoms with Crippen molar-refractivity contribution in [3.05, 3.63) is 34.9 Å². The van der Waals surface area contributed by atoms with Crippen molar-refractivity contribution >= 4 is 0 Å². The van der Waals surface area contributed by atoms with Gasteiger partial charge in [-0.15, -0.1) is 0 Å². The molecule has 0 saturated heterocycles. The number of aliphatic hydroxyl groups is 1. The molecule has 0 heterocycles. The van der Waals surface area contributed by atoms with Crippen LogP contribution in [-0.2, 0) is 6.61 Å². The summed E-state index contributed by atoms with van der Waals surface area (Å²) in [5.41, 5.74) is -0.504. The van der Waals surface area contributed by atoms with Gasteiger partial charge in [0.1, 0.15) is 6.07 Å². The minimum absolute atomic E-state index is 0.147. The summed E-state index contributed by atoms with van der Waals surface area (Å²) in [6.07, 6.45) is 0. The second-order valence-electron chi connectivity index (χ2n) is 2.17. The topological polar surface area (TPSA) is 44.0 Å². The largest absolute Gasteiger partial charge is 0.392 e. The predicted molar refractivity (Wildman–Crippen MR) is 37.0 cm³/mol. The number of rotatable bonds is 1. The van der Waals surface area contributed by atoms with Crippen LogP contribution in [0, 0.1) is 23.0 Å². The van der Waals surface area contributed by atoms with Crippen LogP contribution in [0.4, 0.5) is 8.78 Å². The van der Waals surface area contributed by atoms with Crippen molar-refractivity contribution in [2.24, 2.45) is 0 Å². The molecule has 0 aliphatic heterocycles. The van der Waals surface area contributed by atoms with Crippen LogP contribution in [0.1, 0.15) is 11.1 Å². The Morgan fingerprint density at radius 1 is 1.33 bits per heavy atom. The first kappa shape index (κ1) is 8.62. The van der Waals surface area contributed by atoms with E-state index < -0.39 is 18.2 Å². The van der Waals surface area contributed by atoms with Gasteiger partial charge >= 0.3 is 0 Å². The molecule has 0 unspecified atom stereocenters. The van der Waals surface area contributed by atoms with E-state index in [1.165, 1.54) is 12.1 Å². The second-order valence-corrected chi connectivity index (χ2v) is 2.17. The molecule has 12 heavy (non-hydrogen) atoms. The number of benzene rings is 1. The summed E-state index contributed by atoms with van der Waals surface area (Å²) in [5.74, 6) is -2.36. The maximum absolute atomic E-state index is 12.8. The van der Waals surface area contributed by atoms with Gasteiger partial charge in [0.15, 0.2) is 11.6 Å². The quantitative estimate of drug-likeness (QED) is 0.689. The van der Waals surface area contributed by atoms with Crippen molar-refractivity contribution in [1.82, 2.24) is 0 Å². The Morgan fingerprint density at radius 3 is 2.50 bits per heavy atom. The monoisotopic (exact) mass is 169 g/mol. The zero-order chi connectivity index (χ0) is 9.14. The van der Waals surface area contributed by atoms with Crippen molar-refractivity contribution in [2.45, 2.75) is 6.61 Å². The molecule has 0 radical (unpaired) electrons. The van der Waals surface area contributed by atoms with Gasteiger partial charge in [0.2, 0.25) is 0 Å². The van der Waals surface area contributed by atoms with Crippen molar-refractivity contribution in [2.75, 3.05) is 0 Å². The minimum Gasteiger partial charge on any atom is -0.392 e. The molecule has 0 aliphatic carbocycles. The summed E-state index contributed by atoms with van der Waals surface area (Å²) >= 11 is 0. The first-order valence-electron chi connectivity index (χ1n) is 3.18. The normalized spacial score (nSPS) is 9.50. The van der Waals surface area contributed by atoms with E-state index in [-0.39, 0.29) is 11.1 Å². The van der Waals surface area contributed by atoms with Crippen molar-refractivity contribution in [3.8, 4) is 6.07 Å². The van der Waals surface area contributed by atoms with Gasteiger partial charge < -0.3 is 5.11 Å². The van der Waals surface area contributed by atoms with E-state index in [2.05, 4.69) is 0 Å². The molecule has 2 nitrogen and oxygen atoms in total. The Labute approximate surface area is 67.7 Å². The summed E-state index contributed by atoms with van der Waals surface area (Å²) in [4.78, 5) is 0. The lowest BCUT2D eigenvalue weighted by atomic mass is 10.1. The van der Waals surface area contributed by atoms with Crippen molar-refractivity contribution in [1.29, 1.82) is 5.26 Å². The highest BCUT2D eigenvalue weighted by Crippen LogP contribution is 2.15. The molecule has 0 aliphatic rings. The van der Waals surface area contributed by atoms with E-state index in [1.807, 2.05) is 0 Å². The van der Waals surface area contributed by atoms with Gasteiger partial charge in [0.05, 0.1) is 12.2 Å². The molecule has 0 fully saturated rings. The standard InChI is InChI=1S/C8H5F2NO/c9-7-5(3-11)1-2-6(4-12)8(7)10/h1-2,12H,4H2. The molecule has 4 heteroatoms. The maximum atomic E-state index is 12.8. The van der Waals surface area contributed by atoms with E-state index in [0.717, 1.165) is 6.07 Å². The van der Waals surface area contributed by atoms with Gasteiger partial charge in [0, 0.05) is 5.56 Å². The van der Waals surface area contributed by atoms with Crippen LogP contribution < -0.4 is 0 Å². The van der Waals surface area contributed by atoms with Crippen LogP contribution >= 0.6 is 0 Å². The number of nitrogens with zero attached hydrogens (tertiary/aromatic N) is 1. The molecular formula is C8H5F2NO. The molecule has 0 aromatic heterocycles. The third-order valence-corrected chi connectivity index (χ3v) is 1.45. The second kappa shape index (κ2) is 3.28. The minimum atomic E-state index is -1.20. The zero-order valence-corrected chi connectivity index (χ0v) is 6.01. The Kier molecular flexibility index (Phi) is 2.36. The van der Waals surface area contributed by atoms with Gasteiger partial charge in [-0.3, -0.25) is 0 Å². The summed E-state index contributed by atoms with van der Waals surface area (Å²) in [6.45, 7) is -0.575. The van der Waals surface area contributed by atoms with Gasteiger partial charge in [-0.1, -0.05) is 6.07 Å². The molecule has 0 bridgehead atoms. The Bertz CT molecular complexity index is 344. The zero-order valence-electron chi connectivity index (χ0n) is 6.01. The smallest absolute Gasteiger partial charge is 0.176 e. The molecule has 1 aromatic rings. The van der Waals surface area contributed by atoms with Gasteiger partial charge in [-0.2, -0.15) is 5.26 Å². The summed E-state index contributed by atoms with van der Waals surface area (Å²) < 4.78 is 25.5. The average molecular weight is 169 g/mol. The van der Waals surface area contributed by atoms with Gasteiger partial charge in [-0.25, -0.2) is 8.78 Å². The fraction of sp³-hybridized carbons (Fsp3) is 0.125. The van der Waals surface area contributed by atoms with E-state index in [9.17, 15) is 8.78 Å². The number of halogens is 2. The highest BCUT2D eigenvalue weighted by Gasteiger charge is 2.11. The fourth-order valence-electron chi connectivity index (χ4n) is 0.798. The summed E-state index contributed by atoms with van der Waals surface area (Å²) in [7, 11) is 0. The molecule has 1 N–H and O–H groups in total. The number of hydrogen-bond donors (Lipinski definition) is 1. The molecule has 1 aromatic carbocycles.